The number of carboxylic acid groups (broad SMARTS) is 1. The van der Waals surface area contributed by atoms with Crippen molar-refractivity contribution < 1.29 is 19.5 Å². The standard InChI is InChI=1S/C17H18N2O4S/c1-2-11-9-24-16-13(15(21)19(16)14(11)17(22)23)18-12(20)8-10-6-4-3-5-7-10/h3-7,13,16H,2,8-9H2,1H3,(H,18,20)(H,22,23)/t13-,16-/m1/s1. The van der Waals surface area contributed by atoms with Crippen LogP contribution >= 0.6 is 11.8 Å². The van der Waals surface area contributed by atoms with Gasteiger partial charge in [-0.05, 0) is 17.6 Å². The largest absolute Gasteiger partial charge is 0.477 e. The summed E-state index contributed by atoms with van der Waals surface area (Å²) < 4.78 is 0. The fourth-order valence-corrected chi connectivity index (χ4v) is 4.41. The Morgan fingerprint density at radius 2 is 2.04 bits per heavy atom. The van der Waals surface area contributed by atoms with Gasteiger partial charge >= 0.3 is 5.97 Å². The molecule has 2 amide bonds. The van der Waals surface area contributed by atoms with Crippen molar-refractivity contribution in [2.45, 2.75) is 31.2 Å². The summed E-state index contributed by atoms with van der Waals surface area (Å²) in [4.78, 5) is 37.3. The molecule has 1 saturated heterocycles. The van der Waals surface area contributed by atoms with E-state index in [2.05, 4.69) is 5.32 Å². The number of aliphatic carboxylic acids is 1. The lowest BCUT2D eigenvalue weighted by molar-refractivity contribution is -0.150. The number of amides is 2. The SMILES string of the molecule is CCC1=C(C(=O)O)N2C(=O)[C@@H](NC(=O)Cc3ccccc3)[C@H]2SC1. The van der Waals surface area contributed by atoms with E-state index in [1.165, 1.54) is 16.7 Å². The molecule has 0 spiro atoms. The third kappa shape index (κ3) is 2.91. The Bertz CT molecular complexity index is 717. The molecule has 6 nitrogen and oxygen atoms in total. The second kappa shape index (κ2) is 6.68. The minimum atomic E-state index is -1.08. The highest BCUT2D eigenvalue weighted by Crippen LogP contribution is 2.41. The average Bonchev–Trinajstić information content (AvgIpc) is 2.58. The molecule has 126 valence electrons. The first-order valence-corrected chi connectivity index (χ1v) is 8.81. The average molecular weight is 346 g/mol. The molecule has 2 atom stereocenters. The summed E-state index contributed by atoms with van der Waals surface area (Å²) in [6.45, 7) is 1.88. The Kier molecular flexibility index (Phi) is 4.62. The summed E-state index contributed by atoms with van der Waals surface area (Å²) in [5, 5.41) is 11.8. The predicted octanol–water partition coefficient (Wildman–Crippen LogP) is 1.38. The molecule has 2 heterocycles. The van der Waals surface area contributed by atoms with Crippen molar-refractivity contribution in [1.82, 2.24) is 10.2 Å². The van der Waals surface area contributed by atoms with Crippen LogP contribution in [0.25, 0.3) is 0 Å². The molecule has 0 aliphatic carbocycles. The maximum absolute atomic E-state index is 12.4. The summed E-state index contributed by atoms with van der Waals surface area (Å²) in [6, 6.07) is 8.63. The van der Waals surface area contributed by atoms with Gasteiger partial charge < -0.3 is 10.4 Å². The van der Waals surface area contributed by atoms with Gasteiger partial charge in [-0.1, -0.05) is 37.3 Å². The molecular weight excluding hydrogens is 328 g/mol. The van der Waals surface area contributed by atoms with E-state index in [0.717, 1.165) is 11.1 Å². The van der Waals surface area contributed by atoms with E-state index >= 15 is 0 Å². The zero-order valence-electron chi connectivity index (χ0n) is 13.2. The quantitative estimate of drug-likeness (QED) is 0.787. The molecule has 0 bridgehead atoms. The van der Waals surface area contributed by atoms with E-state index in [0.29, 0.717) is 12.2 Å². The molecule has 3 rings (SSSR count). The summed E-state index contributed by atoms with van der Waals surface area (Å²) in [6.07, 6.45) is 0.792. The van der Waals surface area contributed by atoms with Gasteiger partial charge in [-0.25, -0.2) is 4.79 Å². The van der Waals surface area contributed by atoms with E-state index in [4.69, 9.17) is 0 Å². The zero-order chi connectivity index (χ0) is 17.3. The highest BCUT2D eigenvalue weighted by molar-refractivity contribution is 8.00. The number of thioether (sulfide) groups is 1. The van der Waals surface area contributed by atoms with E-state index in [1.807, 2.05) is 37.3 Å². The maximum atomic E-state index is 12.4. The number of benzene rings is 1. The molecule has 1 fully saturated rings. The van der Waals surface area contributed by atoms with Crippen LogP contribution in [0.4, 0.5) is 0 Å². The van der Waals surface area contributed by atoms with Crippen molar-refractivity contribution in [3.63, 3.8) is 0 Å². The number of carbonyl (C=O) groups is 3. The fraction of sp³-hybridized carbons (Fsp3) is 0.353. The summed E-state index contributed by atoms with van der Waals surface area (Å²) in [7, 11) is 0. The minimum Gasteiger partial charge on any atom is -0.477 e. The third-order valence-electron chi connectivity index (χ3n) is 4.20. The van der Waals surface area contributed by atoms with Crippen molar-refractivity contribution in [1.29, 1.82) is 0 Å². The number of nitrogens with zero attached hydrogens (tertiary/aromatic N) is 1. The van der Waals surface area contributed by atoms with E-state index in [-0.39, 0.29) is 29.3 Å². The van der Waals surface area contributed by atoms with Crippen LogP contribution in [-0.4, -0.2) is 45.0 Å². The number of carboxylic acids is 1. The van der Waals surface area contributed by atoms with Crippen LogP contribution in [0, 0.1) is 0 Å². The molecular formula is C17H18N2O4S. The van der Waals surface area contributed by atoms with Gasteiger partial charge in [0.2, 0.25) is 5.91 Å². The van der Waals surface area contributed by atoms with Crippen molar-refractivity contribution in [2.75, 3.05) is 5.75 Å². The molecule has 1 aromatic carbocycles. The van der Waals surface area contributed by atoms with Crippen LogP contribution in [-0.2, 0) is 20.8 Å². The number of nitrogens with one attached hydrogen (secondary N) is 1. The molecule has 0 unspecified atom stereocenters. The molecule has 2 aliphatic heterocycles. The highest BCUT2D eigenvalue weighted by Gasteiger charge is 2.53. The third-order valence-corrected chi connectivity index (χ3v) is 5.54. The lowest BCUT2D eigenvalue weighted by atomic mass is 10.0. The van der Waals surface area contributed by atoms with Crippen LogP contribution in [0.3, 0.4) is 0 Å². The van der Waals surface area contributed by atoms with Gasteiger partial charge in [-0.2, -0.15) is 0 Å². The lowest BCUT2D eigenvalue weighted by Crippen LogP contribution is -2.70. The maximum Gasteiger partial charge on any atom is 0.352 e. The second-order valence-corrected chi connectivity index (χ2v) is 6.83. The van der Waals surface area contributed by atoms with Crippen molar-refractivity contribution in [2.24, 2.45) is 0 Å². The molecule has 0 aromatic heterocycles. The monoisotopic (exact) mass is 346 g/mol. The minimum absolute atomic E-state index is 0.0832. The van der Waals surface area contributed by atoms with Gasteiger partial charge in [0.25, 0.3) is 5.91 Å². The first-order valence-electron chi connectivity index (χ1n) is 7.76. The number of hydrogen-bond acceptors (Lipinski definition) is 4. The lowest BCUT2D eigenvalue weighted by Gasteiger charge is -2.49. The Labute approximate surface area is 143 Å². The normalized spacial score (nSPS) is 22.7. The highest BCUT2D eigenvalue weighted by atomic mass is 32.2. The van der Waals surface area contributed by atoms with Crippen LogP contribution in [0.15, 0.2) is 41.6 Å². The van der Waals surface area contributed by atoms with Crippen LogP contribution in [0.1, 0.15) is 18.9 Å². The van der Waals surface area contributed by atoms with E-state index in [9.17, 15) is 19.5 Å². The number of hydrogen-bond donors (Lipinski definition) is 2. The molecule has 2 aliphatic rings. The topological polar surface area (TPSA) is 86.7 Å². The summed E-state index contributed by atoms with van der Waals surface area (Å²) in [5.74, 6) is -1.10. The number of fused-ring (bicyclic) bond motifs is 1. The molecule has 1 aromatic rings. The first-order chi connectivity index (χ1) is 11.5. The molecule has 24 heavy (non-hydrogen) atoms. The predicted molar refractivity (Wildman–Crippen MR) is 90.1 cm³/mol. The number of β-lactam (4-membered cyclic amide) rings is 1. The Balaban J connectivity index is 1.69. The number of carbonyl (C=O) groups excluding carboxylic acids is 2. The second-order valence-electron chi connectivity index (χ2n) is 5.73. The van der Waals surface area contributed by atoms with Crippen LogP contribution in [0.5, 0.6) is 0 Å². The van der Waals surface area contributed by atoms with Crippen LogP contribution < -0.4 is 5.32 Å². The van der Waals surface area contributed by atoms with Gasteiger partial charge in [-0.15, -0.1) is 11.8 Å². The van der Waals surface area contributed by atoms with Gasteiger partial charge in [0.05, 0.1) is 6.42 Å². The van der Waals surface area contributed by atoms with E-state index < -0.39 is 12.0 Å². The molecule has 7 heteroatoms. The smallest absolute Gasteiger partial charge is 0.352 e. The van der Waals surface area contributed by atoms with Crippen LogP contribution in [0.2, 0.25) is 0 Å². The van der Waals surface area contributed by atoms with E-state index in [1.54, 1.807) is 0 Å². The molecule has 2 N–H and O–H groups in total. The molecule has 0 saturated carbocycles. The van der Waals surface area contributed by atoms with Crippen molar-refractivity contribution in [3.05, 3.63) is 47.2 Å². The summed E-state index contributed by atoms with van der Waals surface area (Å²) >= 11 is 1.50. The van der Waals surface area contributed by atoms with Gasteiger partial charge in [0.1, 0.15) is 17.1 Å². The van der Waals surface area contributed by atoms with Gasteiger partial charge in [-0.3, -0.25) is 14.5 Å². The zero-order valence-corrected chi connectivity index (χ0v) is 14.0. The Morgan fingerprint density at radius 3 is 2.67 bits per heavy atom. The van der Waals surface area contributed by atoms with Gasteiger partial charge in [0, 0.05) is 5.75 Å². The fourth-order valence-electron chi connectivity index (χ4n) is 2.96. The summed E-state index contributed by atoms with van der Waals surface area (Å²) in [5.41, 5.74) is 1.71. The number of rotatable bonds is 5. The van der Waals surface area contributed by atoms with Gasteiger partial charge in [0.15, 0.2) is 0 Å². The molecule has 0 radical (unpaired) electrons. The van der Waals surface area contributed by atoms with Crippen molar-refractivity contribution in [3.8, 4) is 0 Å². The first kappa shape index (κ1) is 16.6. The Hall–Kier alpha value is -2.28. The Morgan fingerprint density at radius 1 is 1.33 bits per heavy atom. The van der Waals surface area contributed by atoms with Crippen molar-refractivity contribution >= 4 is 29.5 Å².